The van der Waals surface area contributed by atoms with E-state index < -0.39 is 11.9 Å². The SMILES string of the molecule is O=C(O)C1CCO[C@H]1C1CCN(C(=O)c2cnn(-c3ccccc3)c2)CC1. The van der Waals surface area contributed by atoms with E-state index in [0.717, 1.165) is 18.5 Å². The molecule has 0 aliphatic carbocycles. The fourth-order valence-corrected chi connectivity index (χ4v) is 4.11. The van der Waals surface area contributed by atoms with Crippen molar-refractivity contribution in [3.63, 3.8) is 0 Å². The van der Waals surface area contributed by atoms with E-state index in [0.29, 0.717) is 31.7 Å². The molecule has 2 aliphatic rings. The first-order chi connectivity index (χ1) is 13.1. The van der Waals surface area contributed by atoms with Crippen LogP contribution in [0.3, 0.4) is 0 Å². The minimum absolute atomic E-state index is 0.0299. The van der Waals surface area contributed by atoms with Crippen molar-refractivity contribution in [3.05, 3.63) is 48.3 Å². The molecule has 3 heterocycles. The van der Waals surface area contributed by atoms with Gasteiger partial charge < -0.3 is 14.7 Å². The molecule has 2 saturated heterocycles. The molecule has 7 heteroatoms. The van der Waals surface area contributed by atoms with E-state index >= 15 is 0 Å². The molecule has 1 unspecified atom stereocenters. The molecule has 2 aromatic rings. The Bertz CT molecular complexity index is 812. The van der Waals surface area contributed by atoms with Crippen LogP contribution in [0.5, 0.6) is 0 Å². The molecular formula is C20H23N3O4. The van der Waals surface area contributed by atoms with Crippen molar-refractivity contribution in [2.24, 2.45) is 11.8 Å². The summed E-state index contributed by atoms with van der Waals surface area (Å²) in [5.74, 6) is -1.02. The van der Waals surface area contributed by atoms with E-state index in [9.17, 15) is 14.7 Å². The van der Waals surface area contributed by atoms with Gasteiger partial charge in [0.2, 0.25) is 0 Å². The summed E-state index contributed by atoms with van der Waals surface area (Å²) in [5.41, 5.74) is 1.48. The average Bonchev–Trinajstić information content (AvgIpc) is 3.38. The third-order valence-corrected chi connectivity index (χ3v) is 5.59. The van der Waals surface area contributed by atoms with E-state index in [4.69, 9.17) is 4.74 Å². The third-order valence-electron chi connectivity index (χ3n) is 5.59. The molecule has 0 bridgehead atoms. The number of aliphatic carboxylic acids is 1. The number of amides is 1. The molecule has 1 amide bonds. The van der Waals surface area contributed by atoms with Crippen LogP contribution in [0.15, 0.2) is 42.7 Å². The third kappa shape index (κ3) is 3.60. The second kappa shape index (κ2) is 7.52. The van der Waals surface area contributed by atoms with E-state index in [1.165, 1.54) is 0 Å². The molecule has 4 rings (SSSR count). The zero-order chi connectivity index (χ0) is 18.8. The normalized spacial score (nSPS) is 23.5. The summed E-state index contributed by atoms with van der Waals surface area (Å²) in [6, 6.07) is 9.67. The highest BCUT2D eigenvalue weighted by molar-refractivity contribution is 5.93. The van der Waals surface area contributed by atoms with Gasteiger partial charge in [0.05, 0.1) is 29.5 Å². The van der Waals surface area contributed by atoms with Gasteiger partial charge in [-0.3, -0.25) is 9.59 Å². The molecule has 7 nitrogen and oxygen atoms in total. The monoisotopic (exact) mass is 369 g/mol. The summed E-state index contributed by atoms with van der Waals surface area (Å²) in [5, 5.41) is 13.6. The second-order valence-electron chi connectivity index (χ2n) is 7.21. The average molecular weight is 369 g/mol. The highest BCUT2D eigenvalue weighted by Gasteiger charge is 2.40. The van der Waals surface area contributed by atoms with Crippen LogP contribution in [0.25, 0.3) is 5.69 Å². The number of benzene rings is 1. The maximum absolute atomic E-state index is 12.8. The van der Waals surface area contributed by atoms with Gasteiger partial charge in [-0.05, 0) is 37.3 Å². The summed E-state index contributed by atoms with van der Waals surface area (Å²) in [7, 11) is 0. The molecule has 1 aromatic carbocycles. The van der Waals surface area contributed by atoms with Gasteiger partial charge in [-0.1, -0.05) is 18.2 Å². The van der Waals surface area contributed by atoms with Crippen molar-refractivity contribution in [2.75, 3.05) is 19.7 Å². The van der Waals surface area contributed by atoms with Crippen molar-refractivity contribution < 1.29 is 19.4 Å². The van der Waals surface area contributed by atoms with Crippen LogP contribution in [0, 0.1) is 11.8 Å². The van der Waals surface area contributed by atoms with Gasteiger partial charge in [-0.2, -0.15) is 5.10 Å². The standard InChI is InChI=1S/C20H23N3O4/c24-19(15-12-21-23(13-15)16-4-2-1-3-5-16)22-9-6-14(7-10-22)18-17(20(25)26)8-11-27-18/h1-5,12-14,17-18H,6-11H2,(H,25,26)/t17?,18-/m0/s1. The number of rotatable bonds is 4. The topological polar surface area (TPSA) is 84.7 Å². The van der Waals surface area contributed by atoms with Gasteiger partial charge >= 0.3 is 5.97 Å². The number of para-hydroxylation sites is 1. The highest BCUT2D eigenvalue weighted by atomic mass is 16.5. The summed E-state index contributed by atoms with van der Waals surface area (Å²) in [6.07, 6.45) is 5.25. The zero-order valence-corrected chi connectivity index (χ0v) is 15.0. The van der Waals surface area contributed by atoms with Gasteiger partial charge in [-0.15, -0.1) is 0 Å². The lowest BCUT2D eigenvalue weighted by Gasteiger charge is -2.35. The molecule has 27 heavy (non-hydrogen) atoms. The van der Waals surface area contributed by atoms with E-state index in [-0.39, 0.29) is 17.9 Å². The van der Waals surface area contributed by atoms with Crippen LogP contribution in [0.1, 0.15) is 29.6 Å². The van der Waals surface area contributed by atoms with Crippen molar-refractivity contribution >= 4 is 11.9 Å². The van der Waals surface area contributed by atoms with Crippen molar-refractivity contribution in [1.29, 1.82) is 0 Å². The Morgan fingerprint density at radius 1 is 1.11 bits per heavy atom. The van der Waals surface area contributed by atoms with Crippen molar-refractivity contribution in [2.45, 2.75) is 25.4 Å². The lowest BCUT2D eigenvalue weighted by atomic mass is 9.84. The van der Waals surface area contributed by atoms with Gasteiger partial charge in [0.1, 0.15) is 0 Å². The number of carbonyl (C=O) groups is 2. The van der Waals surface area contributed by atoms with Gasteiger partial charge in [0.15, 0.2) is 0 Å². The van der Waals surface area contributed by atoms with Crippen LogP contribution >= 0.6 is 0 Å². The van der Waals surface area contributed by atoms with Crippen LogP contribution in [0.2, 0.25) is 0 Å². The predicted molar refractivity (Wildman–Crippen MR) is 97.7 cm³/mol. The van der Waals surface area contributed by atoms with Crippen LogP contribution < -0.4 is 0 Å². The molecule has 0 radical (unpaired) electrons. The van der Waals surface area contributed by atoms with E-state index in [2.05, 4.69) is 5.10 Å². The number of hydrogen-bond acceptors (Lipinski definition) is 4. The van der Waals surface area contributed by atoms with Crippen molar-refractivity contribution in [1.82, 2.24) is 14.7 Å². The first kappa shape index (κ1) is 17.7. The number of carbonyl (C=O) groups excluding carboxylic acids is 1. The summed E-state index contributed by atoms with van der Waals surface area (Å²) in [6.45, 7) is 1.75. The molecule has 0 spiro atoms. The number of aromatic nitrogens is 2. The van der Waals surface area contributed by atoms with Crippen LogP contribution in [0.4, 0.5) is 0 Å². The van der Waals surface area contributed by atoms with Crippen LogP contribution in [-0.4, -0.2) is 57.5 Å². The number of nitrogens with zero attached hydrogens (tertiary/aromatic N) is 3. The maximum Gasteiger partial charge on any atom is 0.309 e. The number of hydrogen-bond donors (Lipinski definition) is 1. The molecule has 1 aromatic heterocycles. The van der Waals surface area contributed by atoms with Crippen molar-refractivity contribution in [3.8, 4) is 5.69 Å². The molecule has 2 fully saturated rings. The number of carboxylic acid groups (broad SMARTS) is 1. The molecule has 0 saturated carbocycles. The lowest BCUT2D eigenvalue weighted by molar-refractivity contribution is -0.145. The molecule has 142 valence electrons. The second-order valence-corrected chi connectivity index (χ2v) is 7.21. The largest absolute Gasteiger partial charge is 0.481 e. The number of piperidine rings is 1. The Labute approximate surface area is 157 Å². The van der Waals surface area contributed by atoms with Gasteiger partial charge in [-0.25, -0.2) is 4.68 Å². The van der Waals surface area contributed by atoms with E-state index in [1.807, 2.05) is 35.2 Å². The summed E-state index contributed by atoms with van der Waals surface area (Å²) >= 11 is 0. The Morgan fingerprint density at radius 3 is 2.56 bits per heavy atom. The Morgan fingerprint density at radius 2 is 1.85 bits per heavy atom. The first-order valence-corrected chi connectivity index (χ1v) is 9.37. The maximum atomic E-state index is 12.8. The molecule has 1 N–H and O–H groups in total. The van der Waals surface area contributed by atoms with Gasteiger partial charge in [0.25, 0.3) is 5.91 Å². The highest BCUT2D eigenvalue weighted by Crippen LogP contribution is 2.33. The molecule has 2 aliphatic heterocycles. The Hall–Kier alpha value is -2.67. The minimum atomic E-state index is -0.774. The smallest absolute Gasteiger partial charge is 0.309 e. The number of likely N-dealkylation sites (tertiary alicyclic amines) is 1. The number of carboxylic acids is 1. The fourth-order valence-electron chi connectivity index (χ4n) is 4.11. The van der Waals surface area contributed by atoms with Gasteiger partial charge in [0, 0.05) is 25.9 Å². The number of ether oxygens (including phenoxy) is 1. The molecule has 2 atom stereocenters. The predicted octanol–water partition coefficient (Wildman–Crippen LogP) is 2.21. The molecular weight excluding hydrogens is 346 g/mol. The Kier molecular flexibility index (Phi) is 4.94. The minimum Gasteiger partial charge on any atom is -0.481 e. The van der Waals surface area contributed by atoms with E-state index in [1.54, 1.807) is 17.1 Å². The van der Waals surface area contributed by atoms with Crippen LogP contribution in [-0.2, 0) is 9.53 Å². The quantitative estimate of drug-likeness (QED) is 0.893. The Balaban J connectivity index is 1.38. The first-order valence-electron chi connectivity index (χ1n) is 9.37. The summed E-state index contributed by atoms with van der Waals surface area (Å²) < 4.78 is 7.40. The summed E-state index contributed by atoms with van der Waals surface area (Å²) in [4.78, 5) is 26.0. The fraction of sp³-hybridized carbons (Fsp3) is 0.450. The zero-order valence-electron chi connectivity index (χ0n) is 15.0. The lowest BCUT2D eigenvalue weighted by Crippen LogP contribution is -2.43.